The lowest BCUT2D eigenvalue weighted by atomic mass is 10.3. The zero-order valence-electron chi connectivity index (χ0n) is 11.8. The molecule has 0 saturated carbocycles. The molecule has 1 N–H and O–H groups in total. The topological polar surface area (TPSA) is 67.9 Å². The lowest BCUT2D eigenvalue weighted by Crippen LogP contribution is -2.46. The van der Waals surface area contributed by atoms with E-state index < -0.39 is 10.0 Å². The normalized spacial score (nSPS) is 19.5. The second-order valence-corrected chi connectivity index (χ2v) is 7.56. The molecule has 0 radical (unpaired) electrons. The van der Waals surface area contributed by atoms with Crippen molar-refractivity contribution in [2.24, 2.45) is 0 Å². The smallest absolute Gasteiger partial charge is 0.244 e. The Hall–Kier alpha value is -0.960. The number of sulfonamides is 1. The van der Waals surface area contributed by atoms with Crippen molar-refractivity contribution in [1.82, 2.24) is 9.62 Å². The fourth-order valence-corrected chi connectivity index (χ4v) is 5.00. The van der Waals surface area contributed by atoms with E-state index in [9.17, 15) is 8.42 Å². The number of hydrogen-bond acceptors (Lipinski definition) is 6. The third kappa shape index (κ3) is 2.85. The number of nitrogens with zero attached hydrogens (tertiary/aromatic N) is 1. The zero-order chi connectivity index (χ0) is 14.9. The van der Waals surface area contributed by atoms with E-state index in [1.54, 1.807) is 12.1 Å². The van der Waals surface area contributed by atoms with Gasteiger partial charge >= 0.3 is 0 Å². The molecule has 3 rings (SSSR count). The van der Waals surface area contributed by atoms with Crippen LogP contribution in [0.1, 0.15) is 0 Å². The molecule has 0 unspecified atom stereocenters. The van der Waals surface area contributed by atoms with Gasteiger partial charge in [0, 0.05) is 37.1 Å². The molecule has 0 amide bonds. The van der Waals surface area contributed by atoms with E-state index in [1.165, 1.54) is 16.1 Å². The van der Waals surface area contributed by atoms with Gasteiger partial charge in [0.25, 0.3) is 0 Å². The minimum atomic E-state index is -3.50. The van der Waals surface area contributed by atoms with Crippen molar-refractivity contribution in [3.63, 3.8) is 0 Å². The number of rotatable bonds is 3. The summed E-state index contributed by atoms with van der Waals surface area (Å²) in [7, 11) is -3.50. The molecule has 0 aromatic heterocycles. The second-order valence-electron chi connectivity index (χ2n) is 4.80. The van der Waals surface area contributed by atoms with Crippen LogP contribution in [0.25, 0.3) is 0 Å². The van der Waals surface area contributed by atoms with E-state index >= 15 is 0 Å². The van der Waals surface area contributed by atoms with Crippen LogP contribution in [0.15, 0.2) is 21.9 Å². The molecule has 116 valence electrons. The molecule has 1 saturated heterocycles. The molecule has 0 bridgehead atoms. The van der Waals surface area contributed by atoms with Crippen LogP contribution in [0.2, 0.25) is 0 Å². The standard InChI is InChI=1S/C13H18N2O4S2/c1-20-12-8-10-11(19-7-6-18-10)9-13(12)21(16,17)15-4-2-14-3-5-15/h8-9,14H,2-7H2,1H3. The molecule has 2 aliphatic heterocycles. The van der Waals surface area contributed by atoms with Crippen molar-refractivity contribution in [2.45, 2.75) is 9.79 Å². The molecule has 8 heteroatoms. The summed E-state index contributed by atoms with van der Waals surface area (Å²) in [5.41, 5.74) is 0. The van der Waals surface area contributed by atoms with Gasteiger partial charge in [0.2, 0.25) is 10.0 Å². The number of ether oxygens (including phenoxy) is 2. The Morgan fingerprint density at radius 3 is 2.38 bits per heavy atom. The van der Waals surface area contributed by atoms with Crippen molar-refractivity contribution >= 4 is 21.8 Å². The maximum Gasteiger partial charge on any atom is 0.244 e. The van der Waals surface area contributed by atoms with Gasteiger partial charge in [-0.25, -0.2) is 8.42 Å². The maximum absolute atomic E-state index is 12.8. The Bertz CT molecular complexity index is 627. The van der Waals surface area contributed by atoms with Gasteiger partial charge in [-0.2, -0.15) is 4.31 Å². The molecule has 1 aromatic rings. The van der Waals surface area contributed by atoms with E-state index in [0.29, 0.717) is 60.7 Å². The molecule has 2 aliphatic rings. The van der Waals surface area contributed by atoms with Crippen LogP contribution in [0.5, 0.6) is 11.5 Å². The Morgan fingerprint density at radius 1 is 1.14 bits per heavy atom. The number of hydrogen-bond donors (Lipinski definition) is 1. The van der Waals surface area contributed by atoms with Crippen LogP contribution in [0, 0.1) is 0 Å². The fourth-order valence-electron chi connectivity index (χ4n) is 2.44. The van der Waals surface area contributed by atoms with Crippen molar-refractivity contribution in [2.75, 3.05) is 45.6 Å². The quantitative estimate of drug-likeness (QED) is 0.826. The number of fused-ring (bicyclic) bond motifs is 1. The Balaban J connectivity index is 2.03. The predicted octanol–water partition coefficient (Wildman–Crippen LogP) is 0.774. The molecule has 1 aromatic carbocycles. The lowest BCUT2D eigenvalue weighted by Gasteiger charge is -2.28. The van der Waals surface area contributed by atoms with Gasteiger partial charge in [-0.3, -0.25) is 0 Å². The summed E-state index contributed by atoms with van der Waals surface area (Å²) in [6, 6.07) is 3.35. The van der Waals surface area contributed by atoms with Crippen LogP contribution in [0.3, 0.4) is 0 Å². The second kappa shape index (κ2) is 6.04. The average molecular weight is 330 g/mol. The van der Waals surface area contributed by atoms with Gasteiger partial charge in [-0.15, -0.1) is 11.8 Å². The predicted molar refractivity (Wildman–Crippen MR) is 80.8 cm³/mol. The van der Waals surface area contributed by atoms with Crippen molar-refractivity contribution < 1.29 is 17.9 Å². The number of nitrogens with one attached hydrogen (secondary N) is 1. The van der Waals surface area contributed by atoms with Gasteiger partial charge < -0.3 is 14.8 Å². The fraction of sp³-hybridized carbons (Fsp3) is 0.538. The molecule has 0 aliphatic carbocycles. The largest absolute Gasteiger partial charge is 0.486 e. The van der Waals surface area contributed by atoms with Crippen LogP contribution in [-0.2, 0) is 10.0 Å². The van der Waals surface area contributed by atoms with Crippen LogP contribution < -0.4 is 14.8 Å². The lowest BCUT2D eigenvalue weighted by molar-refractivity contribution is 0.170. The van der Waals surface area contributed by atoms with E-state index in [0.717, 1.165) is 0 Å². The third-order valence-electron chi connectivity index (χ3n) is 3.52. The highest BCUT2D eigenvalue weighted by Crippen LogP contribution is 2.39. The number of piperazine rings is 1. The van der Waals surface area contributed by atoms with Crippen molar-refractivity contribution in [1.29, 1.82) is 0 Å². The zero-order valence-corrected chi connectivity index (χ0v) is 13.4. The van der Waals surface area contributed by atoms with Crippen LogP contribution in [-0.4, -0.2) is 58.4 Å². The molecular formula is C13H18N2O4S2. The molecular weight excluding hydrogens is 312 g/mol. The summed E-state index contributed by atoms with van der Waals surface area (Å²) in [5, 5.41) is 3.16. The number of thioether (sulfide) groups is 1. The minimum Gasteiger partial charge on any atom is -0.486 e. The number of benzene rings is 1. The molecule has 21 heavy (non-hydrogen) atoms. The first-order valence-corrected chi connectivity index (χ1v) is 9.48. The van der Waals surface area contributed by atoms with E-state index in [2.05, 4.69) is 5.32 Å². The summed E-state index contributed by atoms with van der Waals surface area (Å²) in [6.07, 6.45) is 1.86. The maximum atomic E-state index is 12.8. The molecule has 6 nitrogen and oxygen atoms in total. The molecule has 1 fully saturated rings. The van der Waals surface area contributed by atoms with Gasteiger partial charge in [-0.05, 0) is 12.3 Å². The Kier molecular flexibility index (Phi) is 4.30. The van der Waals surface area contributed by atoms with Gasteiger partial charge in [0.15, 0.2) is 11.5 Å². The van der Waals surface area contributed by atoms with E-state index in [-0.39, 0.29) is 0 Å². The molecule has 2 heterocycles. The minimum absolute atomic E-state index is 0.307. The van der Waals surface area contributed by atoms with Crippen molar-refractivity contribution in [3.05, 3.63) is 12.1 Å². The highest BCUT2D eigenvalue weighted by atomic mass is 32.2. The summed E-state index contributed by atoms with van der Waals surface area (Å²) >= 11 is 1.40. The van der Waals surface area contributed by atoms with Gasteiger partial charge in [0.05, 0.1) is 4.90 Å². The van der Waals surface area contributed by atoms with Crippen molar-refractivity contribution in [3.8, 4) is 11.5 Å². The van der Waals surface area contributed by atoms with Crippen LogP contribution >= 0.6 is 11.8 Å². The molecule has 0 atom stereocenters. The highest BCUT2D eigenvalue weighted by molar-refractivity contribution is 7.99. The first kappa shape index (κ1) is 15.0. The first-order chi connectivity index (χ1) is 10.1. The Morgan fingerprint density at radius 2 is 1.76 bits per heavy atom. The first-order valence-electron chi connectivity index (χ1n) is 6.81. The van der Waals surface area contributed by atoms with Gasteiger partial charge in [0.1, 0.15) is 13.2 Å². The van der Waals surface area contributed by atoms with Gasteiger partial charge in [-0.1, -0.05) is 0 Å². The Labute approximate surface area is 128 Å². The van der Waals surface area contributed by atoms with E-state index in [1.807, 2.05) is 6.26 Å². The molecule has 0 spiro atoms. The third-order valence-corrected chi connectivity index (χ3v) is 6.37. The SMILES string of the molecule is CSc1cc2c(cc1S(=O)(=O)N1CCNCC1)OCCO2. The summed E-state index contributed by atoms with van der Waals surface area (Å²) in [5.74, 6) is 1.12. The average Bonchev–Trinajstić information content (AvgIpc) is 2.54. The summed E-state index contributed by atoms with van der Waals surface area (Å²) in [6.45, 7) is 3.27. The summed E-state index contributed by atoms with van der Waals surface area (Å²) in [4.78, 5) is 0.999. The highest BCUT2D eigenvalue weighted by Gasteiger charge is 2.30. The van der Waals surface area contributed by atoms with Crippen LogP contribution in [0.4, 0.5) is 0 Å². The monoisotopic (exact) mass is 330 g/mol. The summed E-state index contributed by atoms with van der Waals surface area (Å²) < 4.78 is 38.2. The van der Waals surface area contributed by atoms with E-state index in [4.69, 9.17) is 9.47 Å².